The van der Waals surface area contributed by atoms with Crippen molar-refractivity contribution in [1.29, 1.82) is 0 Å². The Balaban J connectivity index is 2.58. The number of nitrogens with one attached hydrogen (secondary N) is 2. The van der Waals surface area contributed by atoms with E-state index in [9.17, 15) is 9.59 Å². The number of carbonyl (C=O) groups is 2. The second-order valence-electron chi connectivity index (χ2n) is 3.86. The molecule has 1 rings (SSSR count). The molecule has 8 nitrogen and oxygen atoms in total. The van der Waals surface area contributed by atoms with E-state index in [1.165, 1.54) is 11.2 Å². The van der Waals surface area contributed by atoms with E-state index in [4.69, 9.17) is 5.11 Å². The van der Waals surface area contributed by atoms with Gasteiger partial charge in [0.1, 0.15) is 18.7 Å². The highest BCUT2D eigenvalue weighted by Gasteiger charge is 2.19. The van der Waals surface area contributed by atoms with Crippen LogP contribution in [0.15, 0.2) is 6.33 Å². The number of aliphatic carboxylic acids is 1. The van der Waals surface area contributed by atoms with Crippen molar-refractivity contribution in [3.63, 3.8) is 0 Å². The molecule has 8 heteroatoms. The third-order valence-corrected chi connectivity index (χ3v) is 2.29. The predicted octanol–water partition coefficient (Wildman–Crippen LogP) is 0.372. The molecule has 0 aliphatic carbocycles. The summed E-state index contributed by atoms with van der Waals surface area (Å²) in [5.41, 5.74) is 0. The summed E-state index contributed by atoms with van der Waals surface area (Å²) in [6.45, 7) is 3.69. The summed E-state index contributed by atoms with van der Waals surface area (Å²) in [6.07, 6.45) is 2.04. The van der Waals surface area contributed by atoms with Gasteiger partial charge in [0.25, 0.3) is 0 Å². The van der Waals surface area contributed by atoms with Crippen LogP contribution in [-0.4, -0.2) is 50.3 Å². The zero-order valence-corrected chi connectivity index (χ0v) is 10.4. The number of rotatable bonds is 6. The topological polar surface area (TPSA) is 111 Å². The third kappa shape index (κ3) is 4.04. The molecule has 0 saturated heterocycles. The van der Waals surface area contributed by atoms with Gasteiger partial charge in [-0.05, 0) is 13.3 Å². The number of carboxylic acid groups (broad SMARTS) is 1. The number of urea groups is 1. The van der Waals surface area contributed by atoms with E-state index in [1.54, 1.807) is 6.92 Å². The molecule has 0 aromatic carbocycles. The molecule has 0 spiro atoms. The number of aromatic amines is 1. The molecule has 0 fully saturated rings. The fourth-order valence-electron chi connectivity index (χ4n) is 1.45. The Morgan fingerprint density at radius 1 is 1.61 bits per heavy atom. The first kappa shape index (κ1) is 13.9. The monoisotopic (exact) mass is 255 g/mol. The molecule has 0 saturated carbocycles. The highest BCUT2D eigenvalue weighted by molar-refractivity contribution is 5.80. The maximum Gasteiger partial charge on any atom is 0.323 e. The maximum atomic E-state index is 11.9. The molecule has 18 heavy (non-hydrogen) atoms. The van der Waals surface area contributed by atoms with Gasteiger partial charge in [0.2, 0.25) is 0 Å². The van der Waals surface area contributed by atoms with Gasteiger partial charge in [-0.25, -0.2) is 9.78 Å². The van der Waals surface area contributed by atoms with Gasteiger partial charge in [0.05, 0.1) is 6.04 Å². The Hall–Kier alpha value is -2.12. The SMILES string of the molecule is CCCN(CC(=O)O)C(=O)NC(C)c1ncn[nH]1. The van der Waals surface area contributed by atoms with E-state index in [1.807, 2.05) is 6.92 Å². The van der Waals surface area contributed by atoms with Crippen LogP contribution in [0.5, 0.6) is 0 Å². The summed E-state index contributed by atoms with van der Waals surface area (Å²) in [5.74, 6) is -0.513. The fourth-order valence-corrected chi connectivity index (χ4v) is 1.45. The Morgan fingerprint density at radius 2 is 2.33 bits per heavy atom. The molecule has 3 N–H and O–H groups in total. The molecule has 0 aliphatic heterocycles. The largest absolute Gasteiger partial charge is 0.480 e. The highest BCUT2D eigenvalue weighted by atomic mass is 16.4. The standard InChI is InChI=1S/C10H17N5O3/c1-3-4-15(5-8(16)17)10(18)13-7(2)9-11-6-12-14-9/h6-7H,3-5H2,1-2H3,(H,13,18)(H,16,17)(H,11,12,14). The van der Waals surface area contributed by atoms with Crippen LogP contribution in [0, 0.1) is 0 Å². The molecule has 2 amide bonds. The van der Waals surface area contributed by atoms with Gasteiger partial charge in [-0.3, -0.25) is 9.89 Å². The van der Waals surface area contributed by atoms with Crippen LogP contribution in [0.25, 0.3) is 0 Å². The molecule has 0 radical (unpaired) electrons. The number of hydrogen-bond donors (Lipinski definition) is 3. The predicted molar refractivity (Wildman–Crippen MR) is 62.8 cm³/mol. The van der Waals surface area contributed by atoms with E-state index >= 15 is 0 Å². The molecule has 1 heterocycles. The van der Waals surface area contributed by atoms with Gasteiger partial charge in [-0.2, -0.15) is 5.10 Å². The minimum absolute atomic E-state index is 0.317. The second-order valence-corrected chi connectivity index (χ2v) is 3.86. The molecule has 1 atom stereocenters. The molecule has 1 aromatic heterocycles. The van der Waals surface area contributed by atoms with E-state index in [2.05, 4.69) is 20.5 Å². The number of hydrogen-bond acceptors (Lipinski definition) is 4. The lowest BCUT2D eigenvalue weighted by Gasteiger charge is -2.22. The Kier molecular flexibility index (Phi) is 5.09. The van der Waals surface area contributed by atoms with E-state index in [-0.39, 0.29) is 12.6 Å². The zero-order chi connectivity index (χ0) is 13.5. The zero-order valence-electron chi connectivity index (χ0n) is 10.4. The van der Waals surface area contributed by atoms with Gasteiger partial charge in [0, 0.05) is 6.54 Å². The summed E-state index contributed by atoms with van der Waals surface area (Å²) in [7, 11) is 0. The van der Waals surface area contributed by atoms with Crippen molar-refractivity contribution in [2.75, 3.05) is 13.1 Å². The Labute approximate surface area is 104 Å². The third-order valence-electron chi connectivity index (χ3n) is 2.29. The smallest absolute Gasteiger partial charge is 0.323 e. The average molecular weight is 255 g/mol. The average Bonchev–Trinajstić information content (AvgIpc) is 2.81. The van der Waals surface area contributed by atoms with Crippen LogP contribution < -0.4 is 5.32 Å². The minimum atomic E-state index is -1.04. The lowest BCUT2D eigenvalue weighted by Crippen LogP contribution is -2.44. The Morgan fingerprint density at radius 3 is 2.83 bits per heavy atom. The van der Waals surface area contributed by atoms with Crippen molar-refractivity contribution in [2.24, 2.45) is 0 Å². The first-order valence-corrected chi connectivity index (χ1v) is 5.67. The lowest BCUT2D eigenvalue weighted by molar-refractivity contribution is -0.137. The van der Waals surface area contributed by atoms with Crippen molar-refractivity contribution >= 4 is 12.0 Å². The second kappa shape index (κ2) is 6.58. The molecular weight excluding hydrogens is 238 g/mol. The van der Waals surface area contributed by atoms with Crippen molar-refractivity contribution < 1.29 is 14.7 Å². The molecular formula is C10H17N5O3. The van der Waals surface area contributed by atoms with Crippen LogP contribution in [0.3, 0.4) is 0 Å². The van der Waals surface area contributed by atoms with Crippen molar-refractivity contribution in [3.05, 3.63) is 12.2 Å². The van der Waals surface area contributed by atoms with Crippen LogP contribution in [0.1, 0.15) is 32.1 Å². The molecule has 1 aromatic rings. The van der Waals surface area contributed by atoms with Crippen LogP contribution in [0.4, 0.5) is 4.79 Å². The molecule has 0 aliphatic rings. The summed E-state index contributed by atoms with van der Waals surface area (Å²) < 4.78 is 0. The quantitative estimate of drug-likeness (QED) is 0.680. The van der Waals surface area contributed by atoms with Crippen LogP contribution >= 0.6 is 0 Å². The van der Waals surface area contributed by atoms with Crippen LogP contribution in [-0.2, 0) is 4.79 Å². The van der Waals surface area contributed by atoms with Crippen molar-refractivity contribution in [1.82, 2.24) is 25.4 Å². The number of nitrogens with zero attached hydrogens (tertiary/aromatic N) is 3. The molecule has 100 valence electrons. The summed E-state index contributed by atoms with van der Waals surface area (Å²) in [4.78, 5) is 27.7. The lowest BCUT2D eigenvalue weighted by atomic mass is 10.3. The van der Waals surface area contributed by atoms with Gasteiger partial charge < -0.3 is 15.3 Å². The summed E-state index contributed by atoms with van der Waals surface area (Å²) in [5, 5.41) is 17.7. The van der Waals surface area contributed by atoms with E-state index in [0.717, 1.165) is 0 Å². The van der Waals surface area contributed by atoms with E-state index < -0.39 is 12.0 Å². The fraction of sp³-hybridized carbons (Fsp3) is 0.600. The van der Waals surface area contributed by atoms with E-state index in [0.29, 0.717) is 18.8 Å². The normalized spacial score (nSPS) is 11.9. The molecule has 1 unspecified atom stereocenters. The molecule has 0 bridgehead atoms. The van der Waals surface area contributed by atoms with Crippen molar-refractivity contribution in [2.45, 2.75) is 26.3 Å². The number of carboxylic acids is 1. The number of H-pyrrole nitrogens is 1. The Bertz CT molecular complexity index is 392. The highest BCUT2D eigenvalue weighted by Crippen LogP contribution is 2.05. The van der Waals surface area contributed by atoms with Crippen LogP contribution in [0.2, 0.25) is 0 Å². The maximum absolute atomic E-state index is 11.9. The first-order chi connectivity index (χ1) is 8.54. The number of amides is 2. The van der Waals surface area contributed by atoms with Gasteiger partial charge >= 0.3 is 12.0 Å². The first-order valence-electron chi connectivity index (χ1n) is 5.67. The van der Waals surface area contributed by atoms with Gasteiger partial charge in [0.15, 0.2) is 0 Å². The number of carbonyl (C=O) groups excluding carboxylic acids is 1. The van der Waals surface area contributed by atoms with Gasteiger partial charge in [-0.15, -0.1) is 0 Å². The van der Waals surface area contributed by atoms with Gasteiger partial charge in [-0.1, -0.05) is 6.92 Å². The number of aromatic nitrogens is 3. The summed E-state index contributed by atoms with van der Waals surface area (Å²) >= 11 is 0. The van der Waals surface area contributed by atoms with Crippen molar-refractivity contribution in [3.8, 4) is 0 Å². The minimum Gasteiger partial charge on any atom is -0.480 e. The summed E-state index contributed by atoms with van der Waals surface area (Å²) in [6, 6.07) is -0.781.